The first-order valence-electron chi connectivity index (χ1n) is 14.8. The molecule has 41 heavy (non-hydrogen) atoms. The molecule has 1 saturated heterocycles. The Kier molecular flexibility index (Phi) is 6.25. The van der Waals surface area contributed by atoms with E-state index >= 15 is 0 Å². The van der Waals surface area contributed by atoms with Gasteiger partial charge in [0.2, 0.25) is 0 Å². The molecule has 2 bridgehead atoms. The zero-order chi connectivity index (χ0) is 28.3. The number of nitrogens with zero attached hydrogens (tertiary/aromatic N) is 5. The van der Waals surface area contributed by atoms with Crippen molar-refractivity contribution < 1.29 is 14.3 Å². The van der Waals surface area contributed by atoms with Gasteiger partial charge in [-0.15, -0.1) is 0 Å². The summed E-state index contributed by atoms with van der Waals surface area (Å²) >= 11 is 0. The molecule has 2 unspecified atom stereocenters. The molecule has 212 valence electrons. The highest BCUT2D eigenvalue weighted by Crippen LogP contribution is 2.52. The van der Waals surface area contributed by atoms with Crippen LogP contribution in [0.2, 0.25) is 0 Å². The average molecular weight is 552 g/mol. The van der Waals surface area contributed by atoms with Crippen molar-refractivity contribution in [2.24, 2.45) is 0 Å². The van der Waals surface area contributed by atoms with Crippen molar-refractivity contribution >= 4 is 17.0 Å². The third-order valence-electron chi connectivity index (χ3n) is 8.57. The van der Waals surface area contributed by atoms with Crippen molar-refractivity contribution in [1.29, 1.82) is 0 Å². The number of aryl methyl sites for hydroxylation is 1. The number of fused-ring (bicyclic) bond motifs is 6. The van der Waals surface area contributed by atoms with Crippen LogP contribution >= 0.6 is 0 Å². The number of carbonyl (C=O) groups excluding carboxylic acids is 1. The number of hydrogen-bond acceptors (Lipinski definition) is 6. The number of hydrogen-bond donors (Lipinski definition) is 0. The van der Waals surface area contributed by atoms with E-state index in [-0.39, 0.29) is 12.2 Å². The second-order valence-electron chi connectivity index (χ2n) is 12.7. The summed E-state index contributed by atoms with van der Waals surface area (Å²) in [5, 5.41) is 0.987. The van der Waals surface area contributed by atoms with Crippen LogP contribution in [0.15, 0.2) is 48.7 Å². The lowest BCUT2D eigenvalue weighted by molar-refractivity contribution is 0.0128. The van der Waals surface area contributed by atoms with Crippen LogP contribution in [0.4, 0.5) is 4.79 Å². The fourth-order valence-electron chi connectivity index (χ4n) is 6.70. The summed E-state index contributed by atoms with van der Waals surface area (Å²) in [7, 11) is 0. The summed E-state index contributed by atoms with van der Waals surface area (Å²) in [6.07, 6.45) is 6.69. The number of likely N-dealkylation sites (tertiary alicyclic amines) is 1. The highest BCUT2D eigenvalue weighted by molar-refractivity contribution is 5.91. The number of aromatic nitrogens is 4. The molecular formula is C33H37N5O3. The number of piperidine rings is 1. The van der Waals surface area contributed by atoms with E-state index in [9.17, 15) is 4.79 Å². The molecule has 8 heteroatoms. The summed E-state index contributed by atoms with van der Waals surface area (Å²) in [5.41, 5.74) is 5.52. The molecule has 3 aromatic heterocycles. The van der Waals surface area contributed by atoms with Crippen LogP contribution in [0.3, 0.4) is 0 Å². The molecule has 5 heterocycles. The molecule has 3 aliphatic rings. The van der Waals surface area contributed by atoms with Gasteiger partial charge in [-0.3, -0.25) is 9.97 Å². The van der Waals surface area contributed by atoms with Crippen molar-refractivity contribution in [3.05, 3.63) is 60.2 Å². The fraction of sp³-hybridized carbons (Fsp3) is 0.455. The van der Waals surface area contributed by atoms with Crippen LogP contribution in [0.1, 0.15) is 76.4 Å². The Morgan fingerprint density at radius 2 is 1.83 bits per heavy atom. The predicted octanol–water partition coefficient (Wildman–Crippen LogP) is 7.07. The van der Waals surface area contributed by atoms with Crippen LogP contribution in [-0.4, -0.2) is 55.3 Å². The smallest absolute Gasteiger partial charge is 0.410 e. The number of imidazole rings is 1. The summed E-state index contributed by atoms with van der Waals surface area (Å²) in [6, 6.07) is 15.1. The summed E-state index contributed by atoms with van der Waals surface area (Å²) in [5.74, 6) is 2.56. The van der Waals surface area contributed by atoms with Crippen LogP contribution in [0.25, 0.3) is 33.5 Å². The van der Waals surface area contributed by atoms with Gasteiger partial charge in [0, 0.05) is 60.7 Å². The molecule has 2 aliphatic heterocycles. The molecule has 0 radical (unpaired) electrons. The number of carbonyl (C=O) groups is 1. The Morgan fingerprint density at radius 1 is 1.00 bits per heavy atom. The van der Waals surface area contributed by atoms with Gasteiger partial charge in [-0.1, -0.05) is 12.1 Å². The maximum absolute atomic E-state index is 12.5. The molecule has 2 atom stereocenters. The van der Waals surface area contributed by atoms with E-state index in [1.54, 1.807) is 4.90 Å². The Bertz CT molecular complexity index is 1630. The van der Waals surface area contributed by atoms with Gasteiger partial charge in [-0.2, -0.15) is 0 Å². The van der Waals surface area contributed by atoms with Gasteiger partial charge in [-0.25, -0.2) is 9.78 Å². The first-order chi connectivity index (χ1) is 19.7. The van der Waals surface area contributed by atoms with Gasteiger partial charge < -0.3 is 18.9 Å². The van der Waals surface area contributed by atoms with E-state index in [0.29, 0.717) is 25.0 Å². The van der Waals surface area contributed by atoms with Crippen molar-refractivity contribution in [3.63, 3.8) is 0 Å². The normalized spacial score (nSPS) is 20.4. The van der Waals surface area contributed by atoms with Gasteiger partial charge in [0.05, 0.1) is 16.9 Å². The highest BCUT2D eigenvalue weighted by atomic mass is 16.6. The number of ether oxygens (including phenoxy) is 2. The van der Waals surface area contributed by atoms with Gasteiger partial charge >= 0.3 is 6.09 Å². The molecular weight excluding hydrogens is 514 g/mol. The molecule has 8 nitrogen and oxygen atoms in total. The van der Waals surface area contributed by atoms with Crippen molar-refractivity contribution in [2.75, 3.05) is 13.1 Å². The Morgan fingerprint density at radius 3 is 2.61 bits per heavy atom. The summed E-state index contributed by atoms with van der Waals surface area (Å²) in [4.78, 5) is 29.0. The largest absolute Gasteiger partial charge is 0.490 e. The summed E-state index contributed by atoms with van der Waals surface area (Å²) in [6.45, 7) is 8.95. The first kappa shape index (κ1) is 26.0. The molecule has 4 aromatic rings. The monoisotopic (exact) mass is 551 g/mol. The van der Waals surface area contributed by atoms with E-state index < -0.39 is 5.60 Å². The molecule has 1 aliphatic carbocycles. The standard InChI is InChI=1S/C33H37N5O3/c1-20-6-5-7-27(35-20)29-30(38-23-10-8-22(18-23)31(38)36-29)21-9-11-26-25(19-21)28(12-15-34-26)40-24-13-16-37(17-14-24)32(39)41-33(2,3)4/h5-7,9,11-12,15,19,22-24H,8,10,13-14,16-18H2,1-4H3. The van der Waals surface area contributed by atoms with Crippen LogP contribution in [0, 0.1) is 6.92 Å². The highest BCUT2D eigenvalue weighted by Gasteiger charge is 2.41. The Labute approximate surface area is 240 Å². The second-order valence-corrected chi connectivity index (χ2v) is 12.7. The number of pyridine rings is 2. The molecule has 1 aromatic carbocycles. The van der Waals surface area contributed by atoms with Crippen molar-refractivity contribution in [2.45, 2.75) is 83.5 Å². The minimum Gasteiger partial charge on any atom is -0.490 e. The maximum Gasteiger partial charge on any atom is 0.410 e. The Hall–Kier alpha value is -3.94. The number of benzene rings is 1. The van der Waals surface area contributed by atoms with Crippen LogP contribution in [-0.2, 0) is 4.74 Å². The van der Waals surface area contributed by atoms with Gasteiger partial charge in [0.25, 0.3) is 0 Å². The van der Waals surface area contributed by atoms with Gasteiger partial charge in [-0.05, 0) is 77.3 Å². The topological polar surface area (TPSA) is 82.4 Å². The van der Waals surface area contributed by atoms with E-state index in [4.69, 9.17) is 19.4 Å². The van der Waals surface area contributed by atoms with Gasteiger partial charge in [0.1, 0.15) is 29.0 Å². The lowest BCUT2D eigenvalue weighted by Crippen LogP contribution is -2.44. The van der Waals surface area contributed by atoms with Crippen molar-refractivity contribution in [1.82, 2.24) is 24.4 Å². The molecule has 1 saturated carbocycles. The third kappa shape index (κ3) is 4.83. The van der Waals surface area contributed by atoms with Crippen LogP contribution in [0.5, 0.6) is 5.75 Å². The van der Waals surface area contributed by atoms with E-state index in [1.165, 1.54) is 25.1 Å². The lowest BCUT2D eigenvalue weighted by atomic mass is 10.0. The second kappa shape index (κ2) is 9.86. The average Bonchev–Trinajstić information content (AvgIpc) is 3.66. The van der Waals surface area contributed by atoms with E-state index in [2.05, 4.69) is 39.9 Å². The van der Waals surface area contributed by atoms with E-state index in [0.717, 1.165) is 57.8 Å². The predicted molar refractivity (Wildman–Crippen MR) is 158 cm³/mol. The maximum atomic E-state index is 12.5. The minimum absolute atomic E-state index is 0.0185. The number of amides is 1. The zero-order valence-electron chi connectivity index (χ0n) is 24.3. The molecule has 0 N–H and O–H groups in total. The SMILES string of the molecule is Cc1cccc(-c2nc3n(c2-c2ccc4nccc(OC5CCN(C(=O)OC(C)(C)C)CC5)c4c2)C2CCC3C2)n1. The molecule has 0 spiro atoms. The van der Waals surface area contributed by atoms with Crippen LogP contribution < -0.4 is 4.74 Å². The minimum atomic E-state index is -0.497. The fourth-order valence-corrected chi connectivity index (χ4v) is 6.70. The third-order valence-corrected chi connectivity index (χ3v) is 8.57. The Balaban J connectivity index is 1.21. The quantitative estimate of drug-likeness (QED) is 0.270. The summed E-state index contributed by atoms with van der Waals surface area (Å²) < 4.78 is 14.6. The van der Waals surface area contributed by atoms with Crippen molar-refractivity contribution in [3.8, 4) is 28.4 Å². The molecule has 7 rings (SSSR count). The first-order valence-corrected chi connectivity index (χ1v) is 14.8. The molecule has 2 fully saturated rings. The molecule has 1 amide bonds. The van der Waals surface area contributed by atoms with E-state index in [1.807, 2.05) is 46.0 Å². The van der Waals surface area contributed by atoms with Gasteiger partial charge in [0.15, 0.2) is 0 Å². The number of rotatable bonds is 4. The zero-order valence-corrected chi connectivity index (χ0v) is 24.3. The lowest BCUT2D eigenvalue weighted by Gasteiger charge is -2.33.